The minimum absolute atomic E-state index is 0.132. The number of benzene rings is 1. The number of nitrogens with one attached hydrogen (secondary N) is 1. The van der Waals surface area contributed by atoms with Crippen molar-refractivity contribution in [1.82, 2.24) is 15.1 Å². The van der Waals surface area contributed by atoms with Crippen molar-refractivity contribution >= 4 is 16.8 Å². The second-order valence-corrected chi connectivity index (χ2v) is 5.78. The lowest BCUT2D eigenvalue weighted by atomic mass is 9.85. The quantitative estimate of drug-likeness (QED) is 0.908. The monoisotopic (exact) mass is 271 g/mol. The van der Waals surface area contributed by atoms with Gasteiger partial charge in [0.1, 0.15) is 0 Å². The minimum Gasteiger partial charge on any atom is -0.356 e. The van der Waals surface area contributed by atoms with Gasteiger partial charge in [0.2, 0.25) is 5.91 Å². The zero-order valence-corrected chi connectivity index (χ0v) is 11.9. The first-order chi connectivity index (χ1) is 9.72. The van der Waals surface area contributed by atoms with Crippen LogP contribution in [0.1, 0.15) is 31.2 Å². The SMILES string of the molecule is Cc1ccc2c(cnn2CCC(=O)NCC2CCC2)c1. The van der Waals surface area contributed by atoms with Gasteiger partial charge in [-0.1, -0.05) is 18.1 Å². The maximum absolute atomic E-state index is 11.8. The van der Waals surface area contributed by atoms with Crippen molar-refractivity contribution in [1.29, 1.82) is 0 Å². The highest BCUT2D eigenvalue weighted by atomic mass is 16.1. The highest BCUT2D eigenvalue weighted by molar-refractivity contribution is 5.80. The van der Waals surface area contributed by atoms with Crippen LogP contribution in [0.3, 0.4) is 0 Å². The van der Waals surface area contributed by atoms with Gasteiger partial charge >= 0.3 is 0 Å². The Kier molecular flexibility index (Phi) is 3.72. The molecule has 3 rings (SSSR count). The number of carbonyl (C=O) groups excluding carboxylic acids is 1. The third-order valence-electron chi connectivity index (χ3n) is 4.16. The van der Waals surface area contributed by atoms with Gasteiger partial charge in [-0.25, -0.2) is 0 Å². The van der Waals surface area contributed by atoms with E-state index < -0.39 is 0 Å². The van der Waals surface area contributed by atoms with Crippen LogP contribution in [0, 0.1) is 12.8 Å². The Morgan fingerprint density at radius 1 is 1.45 bits per heavy atom. The number of aryl methyl sites for hydroxylation is 2. The van der Waals surface area contributed by atoms with Crippen molar-refractivity contribution < 1.29 is 4.79 Å². The minimum atomic E-state index is 0.132. The van der Waals surface area contributed by atoms with Gasteiger partial charge in [0.15, 0.2) is 0 Å². The molecule has 1 aliphatic rings. The predicted octanol–water partition coefficient (Wildman–Crippen LogP) is 2.65. The lowest BCUT2D eigenvalue weighted by molar-refractivity contribution is -0.121. The third-order valence-corrected chi connectivity index (χ3v) is 4.16. The number of carbonyl (C=O) groups is 1. The molecule has 1 aromatic heterocycles. The standard InChI is InChI=1S/C16H21N3O/c1-12-5-6-15-14(9-12)11-18-19(15)8-7-16(20)17-10-13-3-2-4-13/h5-6,9,11,13H,2-4,7-8,10H2,1H3,(H,17,20). The van der Waals surface area contributed by atoms with Gasteiger partial charge in [-0.2, -0.15) is 5.10 Å². The Bertz CT molecular complexity index is 613. The first-order valence-electron chi connectivity index (χ1n) is 7.41. The molecule has 0 radical (unpaired) electrons. The van der Waals surface area contributed by atoms with Gasteiger partial charge in [0.05, 0.1) is 18.3 Å². The molecule has 2 aromatic rings. The molecule has 106 valence electrons. The molecule has 1 aliphatic carbocycles. The summed E-state index contributed by atoms with van der Waals surface area (Å²) in [6, 6.07) is 6.27. The molecule has 0 unspecified atom stereocenters. The Morgan fingerprint density at radius 2 is 2.30 bits per heavy atom. The fourth-order valence-electron chi connectivity index (χ4n) is 2.64. The van der Waals surface area contributed by atoms with Crippen LogP contribution < -0.4 is 5.32 Å². The van der Waals surface area contributed by atoms with E-state index in [1.807, 2.05) is 10.9 Å². The van der Waals surface area contributed by atoms with Gasteiger partial charge in [0, 0.05) is 18.4 Å². The number of hydrogen-bond donors (Lipinski definition) is 1. The number of fused-ring (bicyclic) bond motifs is 1. The summed E-state index contributed by atoms with van der Waals surface area (Å²) >= 11 is 0. The van der Waals surface area contributed by atoms with E-state index in [9.17, 15) is 4.79 Å². The maximum atomic E-state index is 11.8. The fraction of sp³-hybridized carbons (Fsp3) is 0.500. The van der Waals surface area contributed by atoms with Gasteiger partial charge in [-0.05, 0) is 37.8 Å². The zero-order valence-electron chi connectivity index (χ0n) is 11.9. The summed E-state index contributed by atoms with van der Waals surface area (Å²) in [5.41, 5.74) is 2.33. The normalized spacial score (nSPS) is 15.2. The maximum Gasteiger partial charge on any atom is 0.221 e. The molecule has 1 saturated carbocycles. The van der Waals surface area contributed by atoms with Crippen LogP contribution in [-0.2, 0) is 11.3 Å². The van der Waals surface area contributed by atoms with E-state index in [1.165, 1.54) is 24.8 Å². The van der Waals surface area contributed by atoms with Crippen LogP contribution in [0.2, 0.25) is 0 Å². The van der Waals surface area contributed by atoms with Crippen LogP contribution in [0.5, 0.6) is 0 Å². The molecule has 1 aromatic carbocycles. The Hall–Kier alpha value is -1.84. The molecule has 1 heterocycles. The number of rotatable bonds is 5. The molecule has 0 aliphatic heterocycles. The van der Waals surface area contributed by atoms with Crippen molar-refractivity contribution in [3.05, 3.63) is 30.0 Å². The first kappa shape index (κ1) is 13.2. The Morgan fingerprint density at radius 3 is 3.05 bits per heavy atom. The molecule has 1 amide bonds. The van der Waals surface area contributed by atoms with Gasteiger partial charge < -0.3 is 5.32 Å². The van der Waals surface area contributed by atoms with Crippen molar-refractivity contribution in [3.63, 3.8) is 0 Å². The van der Waals surface area contributed by atoms with E-state index >= 15 is 0 Å². The molecule has 0 atom stereocenters. The summed E-state index contributed by atoms with van der Waals surface area (Å²) < 4.78 is 1.91. The molecule has 4 nitrogen and oxygen atoms in total. The summed E-state index contributed by atoms with van der Waals surface area (Å²) in [6.07, 6.45) is 6.22. The number of amides is 1. The topological polar surface area (TPSA) is 46.9 Å². The second-order valence-electron chi connectivity index (χ2n) is 5.78. The molecule has 0 saturated heterocycles. The van der Waals surface area contributed by atoms with E-state index in [-0.39, 0.29) is 5.91 Å². The largest absolute Gasteiger partial charge is 0.356 e. The average Bonchev–Trinajstić information content (AvgIpc) is 2.76. The second kappa shape index (κ2) is 5.65. The van der Waals surface area contributed by atoms with E-state index in [0.717, 1.165) is 17.4 Å². The third kappa shape index (κ3) is 2.84. The van der Waals surface area contributed by atoms with E-state index in [2.05, 4.69) is 35.5 Å². The number of hydrogen-bond acceptors (Lipinski definition) is 2. The van der Waals surface area contributed by atoms with Crippen molar-refractivity contribution in [2.75, 3.05) is 6.54 Å². The van der Waals surface area contributed by atoms with Crippen LogP contribution in [-0.4, -0.2) is 22.2 Å². The van der Waals surface area contributed by atoms with Crippen LogP contribution >= 0.6 is 0 Å². The lowest BCUT2D eigenvalue weighted by Crippen LogP contribution is -2.32. The average molecular weight is 271 g/mol. The summed E-state index contributed by atoms with van der Waals surface area (Å²) in [5.74, 6) is 0.847. The van der Waals surface area contributed by atoms with Crippen LogP contribution in [0.25, 0.3) is 10.9 Å². The van der Waals surface area contributed by atoms with Gasteiger partial charge in [-0.15, -0.1) is 0 Å². The van der Waals surface area contributed by atoms with Crippen molar-refractivity contribution in [2.45, 2.75) is 39.2 Å². The molecule has 20 heavy (non-hydrogen) atoms. The zero-order chi connectivity index (χ0) is 13.9. The Labute approximate surface area is 119 Å². The molecule has 1 fully saturated rings. The molecule has 1 N–H and O–H groups in total. The smallest absolute Gasteiger partial charge is 0.221 e. The fourth-order valence-corrected chi connectivity index (χ4v) is 2.64. The number of aromatic nitrogens is 2. The highest BCUT2D eigenvalue weighted by Crippen LogP contribution is 2.25. The van der Waals surface area contributed by atoms with E-state index in [4.69, 9.17) is 0 Å². The van der Waals surface area contributed by atoms with Gasteiger partial charge in [0.25, 0.3) is 0 Å². The predicted molar refractivity (Wildman–Crippen MR) is 79.4 cm³/mol. The van der Waals surface area contributed by atoms with Crippen LogP contribution in [0.4, 0.5) is 0 Å². The van der Waals surface area contributed by atoms with Crippen molar-refractivity contribution in [3.8, 4) is 0 Å². The molecule has 0 bridgehead atoms. The molecular weight excluding hydrogens is 250 g/mol. The first-order valence-corrected chi connectivity index (χ1v) is 7.41. The summed E-state index contributed by atoms with van der Waals surface area (Å²) in [5, 5.41) is 8.53. The number of nitrogens with zero attached hydrogens (tertiary/aromatic N) is 2. The molecule has 4 heteroatoms. The van der Waals surface area contributed by atoms with Gasteiger partial charge in [-0.3, -0.25) is 9.48 Å². The van der Waals surface area contributed by atoms with E-state index in [0.29, 0.717) is 18.9 Å². The van der Waals surface area contributed by atoms with E-state index in [1.54, 1.807) is 0 Å². The summed E-state index contributed by atoms with van der Waals surface area (Å²) in [7, 11) is 0. The molecular formula is C16H21N3O. The lowest BCUT2D eigenvalue weighted by Gasteiger charge is -2.25. The van der Waals surface area contributed by atoms with Crippen LogP contribution in [0.15, 0.2) is 24.4 Å². The molecule has 0 spiro atoms. The Balaban J connectivity index is 1.55. The van der Waals surface area contributed by atoms with Crippen molar-refractivity contribution in [2.24, 2.45) is 5.92 Å². The summed E-state index contributed by atoms with van der Waals surface area (Å²) in [4.78, 5) is 11.8. The highest BCUT2D eigenvalue weighted by Gasteiger charge is 2.17. The summed E-state index contributed by atoms with van der Waals surface area (Å²) in [6.45, 7) is 3.56.